The van der Waals surface area contributed by atoms with Crippen LogP contribution in [0.1, 0.15) is 15.9 Å². The Morgan fingerprint density at radius 2 is 2.25 bits per heavy atom. The fraction of sp³-hybridized carbons (Fsp3) is 0. The Bertz CT molecular complexity index is 331. The van der Waals surface area contributed by atoms with Crippen LogP contribution in [0.15, 0.2) is 24.8 Å². The molecule has 1 aromatic rings. The second-order valence-electron chi connectivity index (χ2n) is 2.25. The van der Waals surface area contributed by atoms with Gasteiger partial charge in [-0.1, -0.05) is 18.7 Å². The molecule has 62 valence electrons. The zero-order valence-corrected chi connectivity index (χ0v) is 6.25. The third-order valence-corrected chi connectivity index (χ3v) is 1.47. The van der Waals surface area contributed by atoms with Crippen molar-refractivity contribution in [2.24, 2.45) is 0 Å². The van der Waals surface area contributed by atoms with Gasteiger partial charge in [0, 0.05) is 5.56 Å². The molecule has 0 aliphatic carbocycles. The molecule has 0 aliphatic rings. The van der Waals surface area contributed by atoms with E-state index in [2.05, 4.69) is 6.58 Å². The lowest BCUT2D eigenvalue weighted by molar-refractivity contribution is 0.0696. The Hall–Kier alpha value is -1.64. The van der Waals surface area contributed by atoms with E-state index in [1.807, 2.05) is 0 Å². The van der Waals surface area contributed by atoms with Crippen molar-refractivity contribution in [2.75, 3.05) is 0 Å². The molecule has 3 heteroatoms. The zero-order valence-electron chi connectivity index (χ0n) is 6.25. The van der Waals surface area contributed by atoms with Crippen LogP contribution in [-0.2, 0) is 0 Å². The van der Waals surface area contributed by atoms with Gasteiger partial charge in [-0.05, 0) is 12.1 Å². The molecule has 0 heterocycles. The first-order chi connectivity index (χ1) is 5.65. The Labute approximate surface area is 69.0 Å². The molecule has 0 saturated heterocycles. The van der Waals surface area contributed by atoms with E-state index in [-0.39, 0.29) is 5.56 Å². The number of benzene rings is 1. The Morgan fingerprint density at radius 3 is 2.67 bits per heavy atom. The molecule has 0 spiro atoms. The van der Waals surface area contributed by atoms with E-state index in [0.29, 0.717) is 5.56 Å². The molecule has 0 atom stereocenters. The lowest BCUT2D eigenvalue weighted by Gasteiger charge is -1.97. The summed E-state index contributed by atoms with van der Waals surface area (Å²) in [5.74, 6) is -1.70. The zero-order chi connectivity index (χ0) is 9.14. The van der Waals surface area contributed by atoms with E-state index in [1.54, 1.807) is 0 Å². The lowest BCUT2D eigenvalue weighted by Crippen LogP contribution is -1.97. The van der Waals surface area contributed by atoms with Crippen LogP contribution < -0.4 is 0 Å². The van der Waals surface area contributed by atoms with Crippen LogP contribution in [0.25, 0.3) is 6.08 Å². The summed E-state index contributed by atoms with van der Waals surface area (Å²) in [6, 6.07) is 3.69. The van der Waals surface area contributed by atoms with Gasteiger partial charge in [0.1, 0.15) is 5.82 Å². The minimum Gasteiger partial charge on any atom is -0.478 e. The number of hydrogen-bond donors (Lipinski definition) is 1. The summed E-state index contributed by atoms with van der Waals surface area (Å²) in [6.45, 7) is 3.38. The van der Waals surface area contributed by atoms with Gasteiger partial charge in [0.2, 0.25) is 0 Å². The quantitative estimate of drug-likeness (QED) is 0.730. The summed E-state index contributed by atoms with van der Waals surface area (Å²) < 4.78 is 12.9. The number of aromatic carboxylic acids is 1. The highest BCUT2D eigenvalue weighted by molar-refractivity contribution is 5.87. The molecule has 0 aliphatic heterocycles. The van der Waals surface area contributed by atoms with Crippen LogP contribution in [0.2, 0.25) is 0 Å². The second kappa shape index (κ2) is 3.17. The van der Waals surface area contributed by atoms with E-state index in [9.17, 15) is 9.18 Å². The number of carboxylic acid groups (broad SMARTS) is 1. The van der Waals surface area contributed by atoms with Crippen molar-refractivity contribution in [1.29, 1.82) is 0 Å². The van der Waals surface area contributed by atoms with E-state index in [4.69, 9.17) is 5.11 Å². The summed E-state index contributed by atoms with van der Waals surface area (Å²) in [4.78, 5) is 10.4. The van der Waals surface area contributed by atoms with Gasteiger partial charge >= 0.3 is 5.97 Å². The van der Waals surface area contributed by atoms with Crippen LogP contribution in [0.3, 0.4) is 0 Å². The van der Waals surface area contributed by atoms with Crippen LogP contribution in [0.5, 0.6) is 0 Å². The first-order valence-corrected chi connectivity index (χ1v) is 3.30. The maximum Gasteiger partial charge on any atom is 0.335 e. The molecular formula is C9H7FO2. The van der Waals surface area contributed by atoms with Crippen molar-refractivity contribution in [3.8, 4) is 0 Å². The van der Waals surface area contributed by atoms with E-state index in [0.717, 1.165) is 6.07 Å². The first kappa shape index (κ1) is 8.46. The summed E-state index contributed by atoms with van der Waals surface area (Å²) in [7, 11) is 0. The van der Waals surface area contributed by atoms with Crippen molar-refractivity contribution in [2.45, 2.75) is 0 Å². The molecule has 12 heavy (non-hydrogen) atoms. The normalized spacial score (nSPS) is 9.42. The maximum atomic E-state index is 12.9. The van der Waals surface area contributed by atoms with Crippen molar-refractivity contribution >= 4 is 12.0 Å². The molecule has 0 unspecified atom stereocenters. The summed E-state index contributed by atoms with van der Waals surface area (Å²) in [6.07, 6.45) is 1.33. The van der Waals surface area contributed by atoms with Crippen LogP contribution in [-0.4, -0.2) is 11.1 Å². The average Bonchev–Trinajstić information content (AvgIpc) is 2.04. The molecule has 0 radical (unpaired) electrons. The number of halogens is 1. The number of carboxylic acids is 1. The van der Waals surface area contributed by atoms with Crippen molar-refractivity contribution < 1.29 is 14.3 Å². The van der Waals surface area contributed by atoms with Crippen molar-refractivity contribution in [3.63, 3.8) is 0 Å². The third kappa shape index (κ3) is 1.50. The van der Waals surface area contributed by atoms with E-state index in [1.165, 1.54) is 18.2 Å². The Kier molecular flexibility index (Phi) is 2.24. The molecule has 1 rings (SSSR count). The van der Waals surface area contributed by atoms with Crippen molar-refractivity contribution in [1.82, 2.24) is 0 Å². The summed E-state index contributed by atoms with van der Waals surface area (Å²) in [5.41, 5.74) is 0.248. The highest BCUT2D eigenvalue weighted by Gasteiger charge is 2.05. The van der Waals surface area contributed by atoms with Gasteiger partial charge < -0.3 is 5.11 Å². The van der Waals surface area contributed by atoms with E-state index >= 15 is 0 Å². The number of hydrogen-bond acceptors (Lipinski definition) is 1. The van der Waals surface area contributed by atoms with Crippen LogP contribution in [0.4, 0.5) is 4.39 Å². The highest BCUT2D eigenvalue weighted by atomic mass is 19.1. The predicted molar refractivity (Wildman–Crippen MR) is 43.5 cm³/mol. The minimum atomic E-state index is -1.13. The number of carbonyl (C=O) groups is 1. The fourth-order valence-corrected chi connectivity index (χ4v) is 0.826. The van der Waals surface area contributed by atoms with Gasteiger partial charge in [0.25, 0.3) is 0 Å². The highest BCUT2D eigenvalue weighted by Crippen LogP contribution is 2.11. The Balaban J connectivity index is 3.18. The molecular weight excluding hydrogens is 159 g/mol. The minimum absolute atomic E-state index is 0.0573. The molecule has 1 aromatic carbocycles. The van der Waals surface area contributed by atoms with E-state index < -0.39 is 11.8 Å². The van der Waals surface area contributed by atoms with Crippen LogP contribution in [0, 0.1) is 5.82 Å². The molecule has 1 N–H and O–H groups in total. The average molecular weight is 166 g/mol. The summed E-state index contributed by atoms with van der Waals surface area (Å²) >= 11 is 0. The molecule has 0 fully saturated rings. The molecule has 0 aromatic heterocycles. The molecule has 0 bridgehead atoms. The monoisotopic (exact) mass is 166 g/mol. The van der Waals surface area contributed by atoms with Gasteiger partial charge in [-0.2, -0.15) is 0 Å². The van der Waals surface area contributed by atoms with Crippen molar-refractivity contribution in [3.05, 3.63) is 41.7 Å². The van der Waals surface area contributed by atoms with Gasteiger partial charge in [-0.15, -0.1) is 0 Å². The SMILES string of the molecule is C=Cc1ccc(C(=O)O)cc1F. The molecule has 0 amide bonds. The maximum absolute atomic E-state index is 12.9. The topological polar surface area (TPSA) is 37.3 Å². The predicted octanol–water partition coefficient (Wildman–Crippen LogP) is 2.17. The third-order valence-electron chi connectivity index (χ3n) is 1.47. The Morgan fingerprint density at radius 1 is 1.58 bits per heavy atom. The molecule has 2 nitrogen and oxygen atoms in total. The van der Waals surface area contributed by atoms with Gasteiger partial charge in [-0.25, -0.2) is 9.18 Å². The standard InChI is InChI=1S/C9H7FO2/c1-2-6-3-4-7(9(11)12)5-8(6)10/h2-5H,1H2,(H,11,12). The lowest BCUT2D eigenvalue weighted by atomic mass is 10.1. The van der Waals surface area contributed by atoms with Gasteiger partial charge in [0.15, 0.2) is 0 Å². The largest absolute Gasteiger partial charge is 0.478 e. The molecule has 0 saturated carbocycles. The number of rotatable bonds is 2. The fourth-order valence-electron chi connectivity index (χ4n) is 0.826. The first-order valence-electron chi connectivity index (χ1n) is 3.30. The van der Waals surface area contributed by atoms with Gasteiger partial charge in [-0.3, -0.25) is 0 Å². The summed E-state index contributed by atoms with van der Waals surface area (Å²) in [5, 5.41) is 8.48. The second-order valence-corrected chi connectivity index (χ2v) is 2.25. The van der Waals surface area contributed by atoms with Gasteiger partial charge in [0.05, 0.1) is 5.56 Å². The van der Waals surface area contributed by atoms with Crippen LogP contribution >= 0.6 is 0 Å². The smallest absolute Gasteiger partial charge is 0.335 e.